The highest BCUT2D eigenvalue weighted by Crippen LogP contribution is 2.37. The van der Waals surface area contributed by atoms with Crippen LogP contribution in [0.3, 0.4) is 0 Å². The lowest BCUT2D eigenvalue weighted by atomic mass is 9.99. The number of esters is 1. The number of fused-ring (bicyclic) bond motifs is 1. The van der Waals surface area contributed by atoms with Gasteiger partial charge >= 0.3 is 5.97 Å². The summed E-state index contributed by atoms with van der Waals surface area (Å²) in [5, 5.41) is 3.76. The van der Waals surface area contributed by atoms with Crippen LogP contribution in [0.2, 0.25) is 0 Å². The van der Waals surface area contributed by atoms with Crippen LogP contribution in [0.5, 0.6) is 11.5 Å². The second-order valence-electron chi connectivity index (χ2n) is 5.12. The maximum absolute atomic E-state index is 12.7. The van der Waals surface area contributed by atoms with E-state index in [4.69, 9.17) is 9.47 Å². The lowest BCUT2D eigenvalue weighted by molar-refractivity contribution is -0.133. The van der Waals surface area contributed by atoms with Crippen LogP contribution >= 0.6 is 0 Å². The van der Waals surface area contributed by atoms with Gasteiger partial charge in [0.1, 0.15) is 23.5 Å². The molecule has 2 amide bonds. The fourth-order valence-corrected chi connectivity index (χ4v) is 2.77. The first-order valence-corrected chi connectivity index (χ1v) is 7.04. The molecule has 2 atom stereocenters. The largest absolute Gasteiger partial charge is 0.497 e. The molecule has 9 heteroatoms. The van der Waals surface area contributed by atoms with Crippen molar-refractivity contribution in [2.24, 2.45) is 11.0 Å². The van der Waals surface area contributed by atoms with E-state index in [0.717, 1.165) is 4.90 Å². The Morgan fingerprint density at radius 1 is 1.17 bits per heavy atom. The second-order valence-corrected chi connectivity index (χ2v) is 5.12. The summed E-state index contributed by atoms with van der Waals surface area (Å²) >= 11 is 0. The Morgan fingerprint density at radius 3 is 2.54 bits per heavy atom. The monoisotopic (exact) mass is 333 g/mol. The molecule has 1 saturated heterocycles. The van der Waals surface area contributed by atoms with E-state index in [1.807, 2.05) is 0 Å². The van der Waals surface area contributed by atoms with Crippen LogP contribution in [0, 0.1) is 5.92 Å². The highest BCUT2D eigenvalue weighted by Gasteiger charge is 2.56. The summed E-state index contributed by atoms with van der Waals surface area (Å²) in [6, 6.07) is 3.78. The van der Waals surface area contributed by atoms with E-state index in [1.165, 1.54) is 21.3 Å². The van der Waals surface area contributed by atoms with Crippen molar-refractivity contribution in [2.45, 2.75) is 6.04 Å². The Balaban J connectivity index is 2.00. The van der Waals surface area contributed by atoms with Crippen molar-refractivity contribution in [3.63, 3.8) is 0 Å². The minimum atomic E-state index is -1.02. The molecule has 0 radical (unpaired) electrons. The molecule has 126 valence electrons. The fourth-order valence-electron chi connectivity index (χ4n) is 2.77. The summed E-state index contributed by atoms with van der Waals surface area (Å²) in [4.78, 5) is 38.1. The Kier molecular flexibility index (Phi) is 3.84. The number of nitrogens with one attached hydrogen (secondary N) is 1. The van der Waals surface area contributed by atoms with Crippen LogP contribution in [0.15, 0.2) is 23.3 Å². The summed E-state index contributed by atoms with van der Waals surface area (Å²) < 4.78 is 15.0. The number of benzene rings is 1. The third-order valence-electron chi connectivity index (χ3n) is 3.95. The van der Waals surface area contributed by atoms with Gasteiger partial charge in [-0.2, -0.15) is 5.10 Å². The molecule has 3 rings (SSSR count). The highest BCUT2D eigenvalue weighted by atomic mass is 16.5. The fraction of sp³-hybridized carbons (Fsp3) is 0.333. The van der Waals surface area contributed by atoms with Crippen LogP contribution in [-0.4, -0.2) is 50.9 Å². The molecule has 1 aromatic carbocycles. The number of carbonyl (C=O) groups is 3. The van der Waals surface area contributed by atoms with Gasteiger partial charge < -0.3 is 14.2 Å². The van der Waals surface area contributed by atoms with E-state index < -0.39 is 29.7 Å². The third-order valence-corrected chi connectivity index (χ3v) is 3.95. The zero-order chi connectivity index (χ0) is 17.4. The molecule has 0 spiro atoms. The SMILES string of the molecule is COC(=O)C1=NN[C@H]2C(=O)N(c3ccc(OC)cc3OC)C(=O)[C@H]12. The molecule has 0 bridgehead atoms. The predicted octanol–water partition coefficient (Wildman–Crippen LogP) is -0.306. The number of hydrogen-bond donors (Lipinski definition) is 1. The van der Waals surface area contributed by atoms with Crippen molar-refractivity contribution in [2.75, 3.05) is 26.2 Å². The van der Waals surface area contributed by atoms with Crippen molar-refractivity contribution in [3.8, 4) is 11.5 Å². The van der Waals surface area contributed by atoms with Gasteiger partial charge in [-0.05, 0) is 12.1 Å². The summed E-state index contributed by atoms with van der Waals surface area (Å²) in [6.45, 7) is 0. The van der Waals surface area contributed by atoms with E-state index in [9.17, 15) is 14.4 Å². The molecule has 2 heterocycles. The standard InChI is InChI=1S/C15H15N3O6/c1-22-7-4-5-8(9(6-7)23-2)18-13(19)10-11(14(18)20)16-17-12(10)15(21)24-3/h4-6,10-11,16H,1-3H3/t10-,11+/m0/s1. The van der Waals surface area contributed by atoms with Crippen LogP contribution in [0.25, 0.3) is 0 Å². The van der Waals surface area contributed by atoms with Crippen molar-refractivity contribution in [3.05, 3.63) is 18.2 Å². The average Bonchev–Trinajstić information content (AvgIpc) is 3.14. The minimum Gasteiger partial charge on any atom is -0.497 e. The van der Waals surface area contributed by atoms with Crippen molar-refractivity contribution < 1.29 is 28.6 Å². The Bertz CT molecular complexity index is 760. The number of hydrogen-bond acceptors (Lipinski definition) is 8. The number of imide groups is 1. The van der Waals surface area contributed by atoms with E-state index in [2.05, 4.69) is 15.3 Å². The van der Waals surface area contributed by atoms with E-state index >= 15 is 0 Å². The highest BCUT2D eigenvalue weighted by molar-refractivity contribution is 6.46. The van der Waals surface area contributed by atoms with Gasteiger partial charge in [0.2, 0.25) is 5.91 Å². The number of carbonyl (C=O) groups excluding carboxylic acids is 3. The first-order chi connectivity index (χ1) is 11.5. The van der Waals surface area contributed by atoms with Gasteiger partial charge in [0, 0.05) is 6.07 Å². The first-order valence-electron chi connectivity index (χ1n) is 7.04. The Labute approximate surface area is 137 Å². The summed E-state index contributed by atoms with van der Waals surface area (Å²) in [5.41, 5.74) is 2.69. The molecule has 0 aliphatic carbocycles. The molecule has 0 unspecified atom stereocenters. The van der Waals surface area contributed by atoms with Gasteiger partial charge in [0.25, 0.3) is 5.91 Å². The van der Waals surface area contributed by atoms with Crippen molar-refractivity contribution >= 4 is 29.2 Å². The van der Waals surface area contributed by atoms with Gasteiger partial charge in [-0.1, -0.05) is 0 Å². The number of anilines is 1. The maximum Gasteiger partial charge on any atom is 0.355 e. The smallest absolute Gasteiger partial charge is 0.355 e. The van der Waals surface area contributed by atoms with Crippen molar-refractivity contribution in [1.82, 2.24) is 5.43 Å². The number of rotatable bonds is 4. The molecular formula is C15H15N3O6. The molecule has 24 heavy (non-hydrogen) atoms. The first kappa shape index (κ1) is 15.8. The maximum atomic E-state index is 12.7. The van der Waals surface area contributed by atoms with Crippen LogP contribution in [0.4, 0.5) is 5.69 Å². The topological polar surface area (TPSA) is 107 Å². The van der Waals surface area contributed by atoms with Crippen LogP contribution < -0.4 is 19.8 Å². The molecule has 2 aliphatic heterocycles. The lowest BCUT2D eigenvalue weighted by Gasteiger charge is -2.19. The molecule has 1 N–H and O–H groups in total. The quantitative estimate of drug-likeness (QED) is 0.595. The van der Waals surface area contributed by atoms with Gasteiger partial charge in [-0.15, -0.1) is 0 Å². The van der Waals surface area contributed by atoms with E-state index in [0.29, 0.717) is 11.5 Å². The number of nitrogens with zero attached hydrogens (tertiary/aromatic N) is 2. The van der Waals surface area contributed by atoms with Crippen LogP contribution in [0.1, 0.15) is 0 Å². The van der Waals surface area contributed by atoms with E-state index in [-0.39, 0.29) is 11.4 Å². The molecule has 0 aromatic heterocycles. The lowest BCUT2D eigenvalue weighted by Crippen LogP contribution is -2.36. The average molecular weight is 333 g/mol. The molecule has 9 nitrogen and oxygen atoms in total. The van der Waals surface area contributed by atoms with Gasteiger partial charge in [-0.3, -0.25) is 15.0 Å². The summed E-state index contributed by atoms with van der Waals surface area (Å²) in [6.07, 6.45) is 0. The third kappa shape index (κ3) is 2.16. The molecule has 2 aliphatic rings. The summed E-state index contributed by atoms with van der Waals surface area (Å²) in [7, 11) is 4.10. The van der Waals surface area contributed by atoms with Crippen LogP contribution in [-0.2, 0) is 19.1 Å². The summed E-state index contributed by atoms with van der Waals surface area (Å²) in [5.74, 6) is -2.03. The van der Waals surface area contributed by atoms with Gasteiger partial charge in [0.15, 0.2) is 5.71 Å². The molecular weight excluding hydrogens is 318 g/mol. The number of hydrazone groups is 1. The zero-order valence-electron chi connectivity index (χ0n) is 13.2. The number of amides is 2. The number of ether oxygens (including phenoxy) is 3. The minimum absolute atomic E-state index is 0.115. The zero-order valence-corrected chi connectivity index (χ0v) is 13.2. The molecule has 1 fully saturated rings. The second kappa shape index (κ2) is 5.84. The Hall–Kier alpha value is -3.10. The van der Waals surface area contributed by atoms with Gasteiger partial charge in [-0.25, -0.2) is 9.69 Å². The number of methoxy groups -OCH3 is 3. The van der Waals surface area contributed by atoms with Gasteiger partial charge in [0.05, 0.1) is 27.0 Å². The molecule has 1 aromatic rings. The van der Waals surface area contributed by atoms with Crippen molar-refractivity contribution in [1.29, 1.82) is 0 Å². The Morgan fingerprint density at radius 2 is 1.92 bits per heavy atom. The normalized spacial score (nSPS) is 22.0. The van der Waals surface area contributed by atoms with E-state index in [1.54, 1.807) is 18.2 Å². The predicted molar refractivity (Wildman–Crippen MR) is 81.9 cm³/mol. The molecule has 0 saturated carbocycles.